The molecule has 4 N–H and O–H groups in total. The second kappa shape index (κ2) is 23.9. The molecule has 0 bridgehead atoms. The predicted octanol–water partition coefficient (Wildman–Crippen LogP) is 1.50. The Kier molecular flexibility index (Phi) is 42.1. The van der Waals surface area contributed by atoms with Crippen molar-refractivity contribution in [2.24, 2.45) is 11.5 Å². The molecule has 0 rings (SSSR count). The van der Waals surface area contributed by atoms with Crippen LogP contribution in [-0.2, 0) is 61.9 Å². The standard InChI is InChI=1S/2C2H5.2CH3NS2.2Zn/c2*1-2;2*2-1(3)4;;/h2*1H2,2H3;2*(H3,2,3,4);;/q;;;;;+2/p-2. The summed E-state index contributed by atoms with van der Waals surface area (Å²) in [5, 5.41) is 3.06. The molecule has 0 amide bonds. The summed E-state index contributed by atoms with van der Waals surface area (Å²) in [6, 6.07) is 0. The van der Waals surface area contributed by atoms with Gasteiger partial charge in [-0.05, 0) is 0 Å². The first-order valence-corrected chi connectivity index (χ1v) is 9.64. The molecule has 0 aliphatic carbocycles. The third-order valence-electron chi connectivity index (χ3n) is 0.707. The second-order valence-corrected chi connectivity index (χ2v) is 9.95. The first-order valence-electron chi connectivity index (χ1n) is 3.81. The molecule has 0 heterocycles. The van der Waals surface area contributed by atoms with Crippen LogP contribution in [0.1, 0.15) is 13.8 Å². The van der Waals surface area contributed by atoms with Crippen LogP contribution in [0.15, 0.2) is 0 Å². The van der Waals surface area contributed by atoms with Crippen molar-refractivity contribution >= 4 is 58.3 Å². The Morgan fingerprint density at radius 3 is 1.21 bits per heavy atom. The minimum atomic E-state index is 0. The zero-order valence-corrected chi connectivity index (χ0v) is 17.8. The van der Waals surface area contributed by atoms with Crippen LogP contribution in [0, 0.1) is 0 Å². The Morgan fingerprint density at radius 1 is 1.07 bits per heavy atom. The molecular formula is C6H14N2S4Zn2. The molecule has 0 saturated heterocycles. The van der Waals surface area contributed by atoms with Gasteiger partial charge in [-0.25, -0.2) is 0 Å². The third-order valence-corrected chi connectivity index (χ3v) is 3.67. The van der Waals surface area contributed by atoms with Crippen molar-refractivity contribution in [2.45, 2.75) is 23.9 Å². The number of thiocarbonyl (C=S) groups is 2. The van der Waals surface area contributed by atoms with Crippen molar-refractivity contribution in [3.8, 4) is 0 Å². The van der Waals surface area contributed by atoms with E-state index in [1.54, 1.807) is 0 Å². The van der Waals surface area contributed by atoms with Crippen molar-refractivity contribution in [1.82, 2.24) is 0 Å². The molecule has 8 heteroatoms. The second-order valence-electron chi connectivity index (χ2n) is 1.99. The molecule has 0 aliphatic heterocycles. The van der Waals surface area contributed by atoms with Gasteiger partial charge in [0.1, 0.15) is 0 Å². The normalized spacial score (nSPS) is 5.86. The molecule has 0 radical (unpaired) electrons. The number of rotatable bonds is 2. The summed E-state index contributed by atoms with van der Waals surface area (Å²) in [6.45, 7) is 4.59. The molecule has 0 aromatic carbocycles. The average molecular weight is 373 g/mol. The molecule has 14 heavy (non-hydrogen) atoms. The van der Waals surface area contributed by atoms with E-state index in [0.717, 1.165) is 0 Å². The van der Waals surface area contributed by atoms with Gasteiger partial charge in [-0.2, -0.15) is 0 Å². The molecular weight excluding hydrogens is 359 g/mol. The number of hydrogen-bond donors (Lipinski definition) is 2. The first-order chi connectivity index (χ1) is 5.88. The minimum Gasteiger partial charge on any atom is -0.415 e. The summed E-state index contributed by atoms with van der Waals surface area (Å²) >= 11 is 16.6. The topological polar surface area (TPSA) is 52.0 Å². The van der Waals surface area contributed by atoms with E-state index in [4.69, 9.17) is 0 Å². The molecule has 0 atom stereocenters. The summed E-state index contributed by atoms with van der Waals surface area (Å²) < 4.78 is 0.167. The Hall–Kier alpha value is 1.47. The Labute approximate surface area is 129 Å². The maximum atomic E-state index is 4.66. The summed E-state index contributed by atoms with van der Waals surface area (Å²) in [7, 11) is 0. The van der Waals surface area contributed by atoms with Gasteiger partial charge in [0.15, 0.2) is 0 Å². The number of nitrogens with two attached hydrogens (primary N) is 2. The predicted molar refractivity (Wildman–Crippen MR) is 69.3 cm³/mol. The molecule has 2 nitrogen and oxygen atoms in total. The van der Waals surface area contributed by atoms with Gasteiger partial charge in [0.2, 0.25) is 0 Å². The van der Waals surface area contributed by atoms with E-state index in [2.05, 4.69) is 75.0 Å². The minimum absolute atomic E-state index is 0. The SMILES string of the molecule is C[CH2][Zn][CH2]C.NC(=S)[S-].NC(=S)[S-].[Zn+2]. The summed E-state index contributed by atoms with van der Waals surface area (Å²) in [5.74, 6) is 0. The van der Waals surface area contributed by atoms with Crippen LogP contribution in [0.3, 0.4) is 0 Å². The summed E-state index contributed by atoms with van der Waals surface area (Å²) in [6.07, 6.45) is 0. The molecule has 76 valence electrons. The van der Waals surface area contributed by atoms with E-state index >= 15 is 0 Å². The van der Waals surface area contributed by atoms with Gasteiger partial charge >= 0.3 is 60.5 Å². The zero-order valence-electron chi connectivity index (χ0n) is 8.62. The summed E-state index contributed by atoms with van der Waals surface area (Å²) in [4.78, 5) is 0. The van der Waals surface area contributed by atoms with Crippen LogP contribution in [0.5, 0.6) is 0 Å². The Bertz CT molecular complexity index is 113. The van der Waals surface area contributed by atoms with Gasteiger partial charge in [-0.3, -0.25) is 0 Å². The van der Waals surface area contributed by atoms with E-state index in [1.165, 1.54) is 10.0 Å². The fourth-order valence-electron chi connectivity index (χ4n) is 0.354. The van der Waals surface area contributed by atoms with E-state index in [1.807, 2.05) is 0 Å². The van der Waals surface area contributed by atoms with Gasteiger partial charge in [-0.1, -0.05) is 8.64 Å². The van der Waals surface area contributed by atoms with Crippen molar-refractivity contribution in [1.29, 1.82) is 0 Å². The van der Waals surface area contributed by atoms with Gasteiger partial charge in [0.05, 0.1) is 0 Å². The monoisotopic (exact) mass is 370 g/mol. The van der Waals surface area contributed by atoms with Crippen LogP contribution in [-0.4, -0.2) is 8.64 Å². The molecule has 0 saturated carbocycles. The van der Waals surface area contributed by atoms with Gasteiger partial charge < -0.3 is 61.2 Å². The molecule has 0 fully saturated rings. The third kappa shape index (κ3) is 174. The molecule has 0 aromatic rings. The van der Waals surface area contributed by atoms with Crippen LogP contribution >= 0.6 is 24.4 Å². The average Bonchev–Trinajstić information content (AvgIpc) is 1.86. The van der Waals surface area contributed by atoms with Crippen LogP contribution in [0.4, 0.5) is 0 Å². The van der Waals surface area contributed by atoms with E-state index in [-0.39, 0.29) is 45.2 Å². The molecule has 0 aliphatic rings. The maximum absolute atomic E-state index is 4.66. The first kappa shape index (κ1) is 24.6. The Morgan fingerprint density at radius 2 is 1.21 bits per heavy atom. The molecule has 0 aromatic heterocycles. The van der Waals surface area contributed by atoms with Crippen molar-refractivity contribution in [2.75, 3.05) is 0 Å². The fourth-order valence-corrected chi connectivity index (χ4v) is 1.84. The van der Waals surface area contributed by atoms with Gasteiger partial charge in [0, 0.05) is 0 Å². The van der Waals surface area contributed by atoms with E-state index in [9.17, 15) is 0 Å². The Balaban J connectivity index is -0.0000000522. The van der Waals surface area contributed by atoms with Gasteiger partial charge in [-0.15, -0.1) is 0 Å². The zero-order chi connectivity index (χ0) is 11.3. The smallest absolute Gasteiger partial charge is 0.415 e. The summed E-state index contributed by atoms with van der Waals surface area (Å²) in [5.41, 5.74) is 9.31. The van der Waals surface area contributed by atoms with Crippen molar-refractivity contribution in [3.05, 3.63) is 0 Å². The van der Waals surface area contributed by atoms with Crippen molar-refractivity contribution in [3.63, 3.8) is 0 Å². The molecule has 0 unspecified atom stereocenters. The van der Waals surface area contributed by atoms with Crippen LogP contribution < -0.4 is 11.5 Å². The quantitative estimate of drug-likeness (QED) is 0.435. The van der Waals surface area contributed by atoms with E-state index in [0.29, 0.717) is 0 Å². The number of hydrogen-bond acceptors (Lipinski definition) is 4. The van der Waals surface area contributed by atoms with Crippen LogP contribution in [0.25, 0.3) is 0 Å². The van der Waals surface area contributed by atoms with E-state index < -0.39 is 0 Å². The largest absolute Gasteiger partial charge is 2.00 e. The van der Waals surface area contributed by atoms with Crippen LogP contribution in [0.2, 0.25) is 10.0 Å². The maximum Gasteiger partial charge on any atom is 2.00 e. The van der Waals surface area contributed by atoms with Crippen molar-refractivity contribution < 1.29 is 36.6 Å². The van der Waals surface area contributed by atoms with Gasteiger partial charge in [0.25, 0.3) is 0 Å². The fraction of sp³-hybridized carbons (Fsp3) is 0.667. The molecule has 0 spiro atoms.